The van der Waals surface area contributed by atoms with Crippen LogP contribution in [0.15, 0.2) is 0 Å². The van der Waals surface area contributed by atoms with Gasteiger partial charge < -0.3 is 4.74 Å². The van der Waals surface area contributed by atoms with Crippen molar-refractivity contribution in [1.82, 2.24) is 0 Å². The first kappa shape index (κ1) is 12.8. The fourth-order valence-corrected chi connectivity index (χ4v) is 3.71. The zero-order chi connectivity index (χ0) is 12.7. The molecule has 2 saturated carbocycles. The Morgan fingerprint density at radius 2 is 1.82 bits per heavy atom. The number of methoxy groups -OCH3 is 1. The van der Waals surface area contributed by atoms with E-state index in [0.717, 1.165) is 31.9 Å². The Balaban J connectivity index is 2.05. The Labute approximate surface area is 102 Å². The first-order valence-corrected chi connectivity index (χ1v) is 7.55. The maximum absolute atomic E-state index is 11.8. The SMILES string of the molecule is COC(=O)C12CCC(COS(C)(=O)=O)(CC1)C2. The summed E-state index contributed by atoms with van der Waals surface area (Å²) >= 11 is 0. The molecular weight excluding hydrogens is 244 g/mol. The summed E-state index contributed by atoms with van der Waals surface area (Å²) in [4.78, 5) is 11.8. The lowest BCUT2D eigenvalue weighted by molar-refractivity contribution is -0.152. The number of hydrogen-bond donors (Lipinski definition) is 0. The fourth-order valence-electron chi connectivity index (χ4n) is 3.25. The molecule has 2 fully saturated rings. The van der Waals surface area contributed by atoms with Gasteiger partial charge in [0.1, 0.15) is 0 Å². The van der Waals surface area contributed by atoms with E-state index in [1.807, 2.05) is 0 Å². The van der Waals surface area contributed by atoms with Crippen LogP contribution in [0.25, 0.3) is 0 Å². The molecule has 0 unspecified atom stereocenters. The highest BCUT2D eigenvalue weighted by atomic mass is 32.2. The molecule has 0 N–H and O–H groups in total. The Kier molecular flexibility index (Phi) is 2.98. The van der Waals surface area contributed by atoms with Crippen LogP contribution in [-0.2, 0) is 23.8 Å². The van der Waals surface area contributed by atoms with Crippen LogP contribution in [0.5, 0.6) is 0 Å². The van der Waals surface area contributed by atoms with Gasteiger partial charge in [0.2, 0.25) is 0 Å². The van der Waals surface area contributed by atoms with Crippen LogP contribution in [0.3, 0.4) is 0 Å². The second-order valence-corrected chi connectivity index (χ2v) is 7.06. The van der Waals surface area contributed by atoms with Crippen molar-refractivity contribution in [3.05, 3.63) is 0 Å². The predicted octanol–water partition coefficient (Wildman–Crippen LogP) is 1.09. The van der Waals surface area contributed by atoms with Gasteiger partial charge in [-0.3, -0.25) is 8.98 Å². The number of carbonyl (C=O) groups is 1. The van der Waals surface area contributed by atoms with Crippen molar-refractivity contribution in [2.45, 2.75) is 32.1 Å². The molecule has 0 aromatic carbocycles. The molecule has 0 saturated heterocycles. The molecule has 5 nitrogen and oxygen atoms in total. The minimum atomic E-state index is -3.40. The van der Waals surface area contributed by atoms with Crippen LogP contribution in [0.1, 0.15) is 32.1 Å². The van der Waals surface area contributed by atoms with Gasteiger partial charge in [-0.05, 0) is 37.5 Å². The highest BCUT2D eigenvalue weighted by Crippen LogP contribution is 2.62. The van der Waals surface area contributed by atoms with Crippen LogP contribution < -0.4 is 0 Å². The molecule has 0 atom stereocenters. The van der Waals surface area contributed by atoms with E-state index in [4.69, 9.17) is 8.92 Å². The average Bonchev–Trinajstić information content (AvgIpc) is 2.82. The van der Waals surface area contributed by atoms with Crippen LogP contribution in [0, 0.1) is 10.8 Å². The molecular formula is C11H18O5S. The van der Waals surface area contributed by atoms with E-state index in [0.29, 0.717) is 6.42 Å². The molecule has 6 heteroatoms. The Morgan fingerprint density at radius 3 is 2.29 bits per heavy atom. The summed E-state index contributed by atoms with van der Waals surface area (Å²) in [5.41, 5.74) is -0.521. The Morgan fingerprint density at radius 1 is 1.24 bits per heavy atom. The normalized spacial score (nSPS) is 36.1. The van der Waals surface area contributed by atoms with Gasteiger partial charge in [-0.2, -0.15) is 8.42 Å². The van der Waals surface area contributed by atoms with Crippen molar-refractivity contribution in [2.24, 2.45) is 10.8 Å². The molecule has 0 radical (unpaired) electrons. The molecule has 0 aliphatic heterocycles. The molecule has 2 bridgehead atoms. The molecule has 2 aliphatic rings. The quantitative estimate of drug-likeness (QED) is 0.560. The topological polar surface area (TPSA) is 69.7 Å². The lowest BCUT2D eigenvalue weighted by Crippen LogP contribution is -2.27. The van der Waals surface area contributed by atoms with E-state index in [1.54, 1.807) is 0 Å². The number of rotatable bonds is 4. The van der Waals surface area contributed by atoms with Crippen LogP contribution in [0.2, 0.25) is 0 Å². The molecule has 2 rings (SSSR count). The number of carbonyl (C=O) groups excluding carboxylic acids is 1. The van der Waals surface area contributed by atoms with E-state index >= 15 is 0 Å². The summed E-state index contributed by atoms with van der Waals surface area (Å²) < 4.78 is 31.8. The average molecular weight is 262 g/mol. The van der Waals surface area contributed by atoms with Crippen molar-refractivity contribution in [3.8, 4) is 0 Å². The van der Waals surface area contributed by atoms with Gasteiger partial charge in [0, 0.05) is 0 Å². The number of hydrogen-bond acceptors (Lipinski definition) is 5. The molecule has 0 aromatic rings. The van der Waals surface area contributed by atoms with Gasteiger partial charge in [-0.1, -0.05) is 0 Å². The maximum Gasteiger partial charge on any atom is 0.311 e. The molecule has 0 heterocycles. The summed E-state index contributed by atoms with van der Waals surface area (Å²) in [6.45, 7) is 0.199. The summed E-state index contributed by atoms with van der Waals surface area (Å²) in [6, 6.07) is 0. The second kappa shape index (κ2) is 3.95. The standard InChI is InChI=1S/C11H18O5S/c1-15-9(12)11-5-3-10(7-11,4-6-11)8-16-17(2,13)14/h3-8H2,1-2H3. The van der Waals surface area contributed by atoms with Crippen molar-refractivity contribution in [3.63, 3.8) is 0 Å². The smallest absolute Gasteiger partial charge is 0.311 e. The van der Waals surface area contributed by atoms with Crippen LogP contribution in [-0.4, -0.2) is 34.4 Å². The zero-order valence-electron chi connectivity index (χ0n) is 10.2. The maximum atomic E-state index is 11.8. The lowest BCUT2D eigenvalue weighted by Gasteiger charge is -2.25. The summed E-state index contributed by atoms with van der Waals surface area (Å²) in [6.07, 6.45) is 5.01. The van der Waals surface area contributed by atoms with E-state index in [1.165, 1.54) is 7.11 Å². The molecule has 98 valence electrons. The van der Waals surface area contributed by atoms with Crippen LogP contribution >= 0.6 is 0 Å². The second-order valence-electron chi connectivity index (χ2n) is 5.42. The molecule has 0 spiro atoms. The molecule has 17 heavy (non-hydrogen) atoms. The molecule has 2 aliphatic carbocycles. The van der Waals surface area contributed by atoms with Gasteiger partial charge in [0.15, 0.2) is 0 Å². The van der Waals surface area contributed by atoms with Gasteiger partial charge in [-0.25, -0.2) is 0 Å². The number of fused-ring (bicyclic) bond motifs is 2. The van der Waals surface area contributed by atoms with Gasteiger partial charge in [0.05, 0.1) is 25.4 Å². The van der Waals surface area contributed by atoms with E-state index < -0.39 is 10.1 Å². The summed E-state index contributed by atoms with van der Waals surface area (Å²) in [7, 11) is -2.00. The molecule has 0 amide bonds. The highest BCUT2D eigenvalue weighted by molar-refractivity contribution is 7.85. The third-order valence-corrected chi connectivity index (χ3v) is 4.72. The number of ether oxygens (including phenoxy) is 1. The highest BCUT2D eigenvalue weighted by Gasteiger charge is 2.58. The third kappa shape index (κ3) is 2.33. The summed E-state index contributed by atoms with van der Waals surface area (Å²) in [5, 5.41) is 0. The largest absolute Gasteiger partial charge is 0.469 e. The minimum absolute atomic E-state index is 0.142. The first-order valence-electron chi connectivity index (χ1n) is 5.74. The van der Waals surface area contributed by atoms with Crippen molar-refractivity contribution < 1.29 is 22.1 Å². The van der Waals surface area contributed by atoms with Crippen molar-refractivity contribution in [2.75, 3.05) is 20.0 Å². The van der Waals surface area contributed by atoms with E-state index in [2.05, 4.69) is 0 Å². The lowest BCUT2D eigenvalue weighted by atomic mass is 9.82. The Hall–Kier alpha value is -0.620. The fraction of sp³-hybridized carbons (Fsp3) is 0.909. The van der Waals surface area contributed by atoms with Gasteiger partial charge in [-0.15, -0.1) is 0 Å². The van der Waals surface area contributed by atoms with E-state index in [9.17, 15) is 13.2 Å². The van der Waals surface area contributed by atoms with Crippen LogP contribution in [0.4, 0.5) is 0 Å². The van der Waals surface area contributed by atoms with Gasteiger partial charge >= 0.3 is 5.97 Å². The predicted molar refractivity (Wildman–Crippen MR) is 60.8 cm³/mol. The third-order valence-electron chi connectivity index (χ3n) is 4.18. The Bertz CT molecular complexity index is 417. The van der Waals surface area contributed by atoms with Crippen molar-refractivity contribution >= 4 is 16.1 Å². The molecule has 0 aromatic heterocycles. The first-order chi connectivity index (χ1) is 7.81. The minimum Gasteiger partial charge on any atom is -0.469 e. The summed E-state index contributed by atoms with van der Waals surface area (Å²) in [5.74, 6) is -0.156. The zero-order valence-corrected chi connectivity index (χ0v) is 11.0. The van der Waals surface area contributed by atoms with Crippen molar-refractivity contribution in [1.29, 1.82) is 0 Å². The monoisotopic (exact) mass is 262 g/mol. The number of esters is 1. The van der Waals surface area contributed by atoms with Gasteiger partial charge in [0.25, 0.3) is 10.1 Å². The van der Waals surface area contributed by atoms with E-state index in [-0.39, 0.29) is 23.4 Å².